The van der Waals surface area contributed by atoms with Crippen LogP contribution in [0.4, 0.5) is 17.1 Å². The predicted octanol–water partition coefficient (Wildman–Crippen LogP) is 17.1. The van der Waals surface area contributed by atoms with E-state index in [0.717, 1.165) is 11.4 Å². The Labute approximate surface area is 352 Å². The van der Waals surface area contributed by atoms with Crippen molar-refractivity contribution < 1.29 is 0 Å². The van der Waals surface area contributed by atoms with Gasteiger partial charge in [0.05, 0.1) is 5.69 Å². The van der Waals surface area contributed by atoms with E-state index in [9.17, 15) is 0 Å². The number of hydrogen-bond donors (Lipinski definition) is 0. The molecule has 12 aromatic rings. The van der Waals surface area contributed by atoms with Gasteiger partial charge in [0.25, 0.3) is 0 Å². The standard InChI is InChI=1S/C58H37NS/c1-2-14-38(15-3-1)45-19-8-9-20-46(45)40-28-31-43(32-29-40)59(55-26-13-27-56-57(55)53-34-30-39-16-4-7-22-49(39)58(53)60-56)44-33-35-48-41(36-44)18-12-25-51(48)54-37-42-17-5-6-21-47(42)50-23-10-11-24-52(50)54/h1-37H. The first-order valence-electron chi connectivity index (χ1n) is 20.6. The lowest BCUT2D eigenvalue weighted by molar-refractivity contribution is 1.31. The van der Waals surface area contributed by atoms with Crippen LogP contribution in [0.1, 0.15) is 0 Å². The molecule has 0 fully saturated rings. The van der Waals surface area contributed by atoms with Gasteiger partial charge in [-0.25, -0.2) is 0 Å². The second-order valence-corrected chi connectivity index (χ2v) is 16.7. The molecule has 1 aromatic heterocycles. The highest BCUT2D eigenvalue weighted by atomic mass is 32.1. The molecule has 0 atom stereocenters. The van der Waals surface area contributed by atoms with Crippen LogP contribution in [0.3, 0.4) is 0 Å². The van der Waals surface area contributed by atoms with E-state index in [4.69, 9.17) is 0 Å². The van der Waals surface area contributed by atoms with Gasteiger partial charge < -0.3 is 4.90 Å². The maximum atomic E-state index is 2.47. The Bertz CT molecular complexity index is 3600. The summed E-state index contributed by atoms with van der Waals surface area (Å²) in [4.78, 5) is 2.47. The molecule has 0 amide bonds. The van der Waals surface area contributed by atoms with Crippen molar-refractivity contribution in [3.8, 4) is 33.4 Å². The second-order valence-electron chi connectivity index (χ2n) is 15.6. The lowest BCUT2D eigenvalue weighted by Gasteiger charge is -2.27. The Morgan fingerprint density at radius 2 is 0.883 bits per heavy atom. The molecule has 0 N–H and O–H groups in total. The summed E-state index contributed by atoms with van der Waals surface area (Å²) in [5.41, 5.74) is 10.8. The minimum atomic E-state index is 1.11. The molecule has 1 nitrogen and oxygen atoms in total. The van der Waals surface area contributed by atoms with Crippen LogP contribution in [0.15, 0.2) is 224 Å². The zero-order valence-corrected chi connectivity index (χ0v) is 33.5. The Kier molecular flexibility index (Phi) is 8.11. The van der Waals surface area contributed by atoms with Gasteiger partial charge in [0.15, 0.2) is 0 Å². The van der Waals surface area contributed by atoms with Gasteiger partial charge >= 0.3 is 0 Å². The monoisotopic (exact) mass is 779 g/mol. The van der Waals surface area contributed by atoms with E-state index in [-0.39, 0.29) is 0 Å². The van der Waals surface area contributed by atoms with Crippen molar-refractivity contribution in [2.75, 3.05) is 4.90 Å². The van der Waals surface area contributed by atoms with Crippen LogP contribution in [-0.4, -0.2) is 0 Å². The summed E-state index contributed by atoms with van der Waals surface area (Å²) in [6.45, 7) is 0. The van der Waals surface area contributed by atoms with Crippen LogP contribution >= 0.6 is 11.3 Å². The van der Waals surface area contributed by atoms with Crippen molar-refractivity contribution in [1.82, 2.24) is 0 Å². The highest BCUT2D eigenvalue weighted by Gasteiger charge is 2.21. The van der Waals surface area contributed by atoms with Crippen LogP contribution in [0.2, 0.25) is 0 Å². The molecule has 1 heterocycles. The van der Waals surface area contributed by atoms with Crippen LogP contribution < -0.4 is 4.90 Å². The molecule has 60 heavy (non-hydrogen) atoms. The Morgan fingerprint density at radius 1 is 0.300 bits per heavy atom. The first kappa shape index (κ1) is 34.5. The molecule has 0 bridgehead atoms. The molecule has 0 saturated carbocycles. The van der Waals surface area contributed by atoms with Gasteiger partial charge in [0, 0.05) is 31.5 Å². The molecule has 0 aliphatic rings. The molecule has 0 aliphatic carbocycles. The predicted molar refractivity (Wildman–Crippen MR) is 260 cm³/mol. The van der Waals surface area contributed by atoms with Gasteiger partial charge in [-0.2, -0.15) is 0 Å². The summed E-state index contributed by atoms with van der Waals surface area (Å²) < 4.78 is 2.61. The normalized spacial score (nSPS) is 11.7. The lowest BCUT2D eigenvalue weighted by Crippen LogP contribution is -2.10. The SMILES string of the molecule is c1ccc(-c2ccccc2-c2ccc(N(c3ccc4c(-c5cc6ccccc6c6ccccc56)cccc4c3)c3cccc4sc5c6ccccc6ccc5c34)cc2)cc1. The third-order valence-electron chi connectivity index (χ3n) is 12.2. The van der Waals surface area contributed by atoms with E-state index >= 15 is 0 Å². The van der Waals surface area contributed by atoms with E-state index < -0.39 is 0 Å². The van der Waals surface area contributed by atoms with Gasteiger partial charge in [0.2, 0.25) is 0 Å². The van der Waals surface area contributed by atoms with Crippen LogP contribution in [-0.2, 0) is 0 Å². The molecule has 12 rings (SSSR count). The zero-order valence-electron chi connectivity index (χ0n) is 32.7. The molecule has 2 heteroatoms. The summed E-state index contributed by atoms with van der Waals surface area (Å²) in [6.07, 6.45) is 0. The van der Waals surface area contributed by atoms with E-state index in [0.29, 0.717) is 0 Å². The van der Waals surface area contributed by atoms with Crippen molar-refractivity contribution in [2.45, 2.75) is 0 Å². The Morgan fingerprint density at radius 3 is 1.70 bits per heavy atom. The number of thiophene rings is 1. The maximum absolute atomic E-state index is 2.47. The fourth-order valence-corrected chi connectivity index (χ4v) is 10.7. The summed E-state index contributed by atoms with van der Waals surface area (Å²) in [5, 5.41) is 12.7. The van der Waals surface area contributed by atoms with Crippen molar-refractivity contribution >= 4 is 91.7 Å². The summed E-state index contributed by atoms with van der Waals surface area (Å²) in [7, 11) is 0. The van der Waals surface area contributed by atoms with Gasteiger partial charge in [-0.05, 0) is 119 Å². The number of hydrogen-bond acceptors (Lipinski definition) is 2. The molecule has 0 aliphatic heterocycles. The molecular formula is C58H37NS. The van der Waals surface area contributed by atoms with Gasteiger partial charge in [-0.1, -0.05) is 182 Å². The number of benzene rings is 11. The van der Waals surface area contributed by atoms with Crippen LogP contribution in [0.25, 0.3) is 96.6 Å². The van der Waals surface area contributed by atoms with E-state index in [2.05, 4.69) is 229 Å². The second kappa shape index (κ2) is 14.1. The van der Waals surface area contributed by atoms with Gasteiger partial charge in [-0.15, -0.1) is 11.3 Å². The number of nitrogens with zero attached hydrogens (tertiary/aromatic N) is 1. The quantitative estimate of drug-likeness (QED) is 0.152. The summed E-state index contributed by atoms with van der Waals surface area (Å²) >= 11 is 1.89. The topological polar surface area (TPSA) is 3.24 Å². The first-order chi connectivity index (χ1) is 29.8. The molecule has 0 unspecified atom stereocenters. The molecule has 0 radical (unpaired) electrons. The number of fused-ring (bicyclic) bond motifs is 9. The van der Waals surface area contributed by atoms with Crippen LogP contribution in [0.5, 0.6) is 0 Å². The minimum Gasteiger partial charge on any atom is -0.310 e. The number of rotatable bonds is 6. The van der Waals surface area contributed by atoms with E-state index in [1.165, 1.54) is 102 Å². The number of anilines is 3. The maximum Gasteiger partial charge on any atom is 0.0554 e. The van der Waals surface area contributed by atoms with Crippen molar-refractivity contribution in [2.24, 2.45) is 0 Å². The van der Waals surface area contributed by atoms with E-state index in [1.807, 2.05) is 11.3 Å². The summed E-state index contributed by atoms with van der Waals surface area (Å²) in [6, 6.07) is 82.5. The third kappa shape index (κ3) is 5.61. The Balaban J connectivity index is 1.06. The first-order valence-corrected chi connectivity index (χ1v) is 21.4. The lowest BCUT2D eigenvalue weighted by atomic mass is 9.90. The fourth-order valence-electron chi connectivity index (χ4n) is 9.47. The van der Waals surface area contributed by atoms with Crippen molar-refractivity contribution in [3.63, 3.8) is 0 Å². The Hall–Kier alpha value is -7.52. The minimum absolute atomic E-state index is 1.11. The average molecular weight is 780 g/mol. The smallest absolute Gasteiger partial charge is 0.0554 e. The fraction of sp³-hybridized carbons (Fsp3) is 0. The highest BCUT2D eigenvalue weighted by molar-refractivity contribution is 7.26. The molecule has 0 saturated heterocycles. The van der Waals surface area contributed by atoms with E-state index in [1.54, 1.807) is 0 Å². The van der Waals surface area contributed by atoms with Crippen LogP contribution in [0, 0.1) is 0 Å². The summed E-state index contributed by atoms with van der Waals surface area (Å²) in [5.74, 6) is 0. The average Bonchev–Trinajstić information content (AvgIpc) is 3.72. The third-order valence-corrected chi connectivity index (χ3v) is 13.4. The van der Waals surface area contributed by atoms with Crippen molar-refractivity contribution in [3.05, 3.63) is 224 Å². The molecular weight excluding hydrogens is 743 g/mol. The largest absolute Gasteiger partial charge is 0.310 e. The molecule has 280 valence electrons. The zero-order chi connectivity index (χ0) is 39.6. The van der Waals surface area contributed by atoms with Crippen molar-refractivity contribution in [1.29, 1.82) is 0 Å². The molecule has 11 aromatic carbocycles. The van der Waals surface area contributed by atoms with Gasteiger partial charge in [-0.3, -0.25) is 0 Å². The molecule has 0 spiro atoms. The van der Waals surface area contributed by atoms with Gasteiger partial charge in [0.1, 0.15) is 0 Å². The highest BCUT2D eigenvalue weighted by Crippen LogP contribution is 2.48.